The third-order valence-corrected chi connectivity index (χ3v) is 5.64. The van der Waals surface area contributed by atoms with E-state index in [0.717, 1.165) is 11.1 Å². The van der Waals surface area contributed by atoms with Crippen molar-refractivity contribution in [2.24, 2.45) is 5.73 Å². The van der Waals surface area contributed by atoms with Crippen LogP contribution in [0.25, 0.3) is 0 Å². The Labute approximate surface area is 231 Å². The first kappa shape index (κ1) is 33.4. The molecule has 4 amide bonds. The summed E-state index contributed by atoms with van der Waals surface area (Å²) in [6.07, 6.45) is -0.135. The number of ether oxygens (including phenoxy) is 2. The van der Waals surface area contributed by atoms with E-state index in [-0.39, 0.29) is 26.1 Å². The quantitative estimate of drug-likeness (QED) is 0.302. The van der Waals surface area contributed by atoms with Gasteiger partial charge in [-0.2, -0.15) is 0 Å². The zero-order chi connectivity index (χ0) is 29.8. The number of esters is 1. The largest absolute Gasteiger partial charge is 0.466 e. The molecule has 2 unspecified atom stereocenters. The summed E-state index contributed by atoms with van der Waals surface area (Å²) >= 11 is 0. The number of carbonyl (C=O) groups is 5. The summed E-state index contributed by atoms with van der Waals surface area (Å²) < 4.78 is 10.2. The Bertz CT molecular complexity index is 1020. The highest BCUT2D eigenvalue weighted by Crippen LogP contribution is 2.27. The zero-order valence-electron chi connectivity index (χ0n) is 24.2. The molecule has 11 nitrogen and oxygen atoms in total. The Kier molecular flexibility index (Phi) is 13.4. The Morgan fingerprint density at radius 3 is 2.28 bits per heavy atom. The van der Waals surface area contributed by atoms with Crippen LogP contribution < -0.4 is 16.4 Å². The average Bonchev–Trinajstić information content (AvgIpc) is 2.80. The monoisotopic (exact) mass is 548 g/mol. The van der Waals surface area contributed by atoms with Crippen molar-refractivity contribution in [1.82, 2.24) is 15.5 Å². The summed E-state index contributed by atoms with van der Waals surface area (Å²) in [4.78, 5) is 65.1. The Hall–Kier alpha value is -3.63. The molecule has 0 bridgehead atoms. The molecule has 0 radical (unpaired) electrons. The van der Waals surface area contributed by atoms with E-state index in [2.05, 4.69) is 10.6 Å². The van der Waals surface area contributed by atoms with Crippen molar-refractivity contribution in [1.29, 1.82) is 0 Å². The fraction of sp³-hybridized carbons (Fsp3) is 0.607. The van der Waals surface area contributed by atoms with Gasteiger partial charge >= 0.3 is 12.1 Å². The van der Waals surface area contributed by atoms with Gasteiger partial charge < -0.3 is 30.7 Å². The van der Waals surface area contributed by atoms with Gasteiger partial charge in [0.1, 0.15) is 17.7 Å². The number of aryl methyl sites for hydroxylation is 2. The minimum Gasteiger partial charge on any atom is -0.466 e. The van der Waals surface area contributed by atoms with Gasteiger partial charge in [-0.25, -0.2) is 4.79 Å². The van der Waals surface area contributed by atoms with E-state index in [1.807, 2.05) is 32.9 Å². The fourth-order valence-corrected chi connectivity index (χ4v) is 3.95. The Balaban J connectivity index is 3.48. The first-order valence-electron chi connectivity index (χ1n) is 13.3. The molecule has 0 heterocycles. The van der Waals surface area contributed by atoms with E-state index >= 15 is 0 Å². The predicted molar refractivity (Wildman–Crippen MR) is 147 cm³/mol. The minimum atomic E-state index is -1.35. The van der Waals surface area contributed by atoms with Crippen LogP contribution in [0, 0.1) is 13.8 Å². The van der Waals surface area contributed by atoms with Crippen LogP contribution in [0.3, 0.4) is 0 Å². The van der Waals surface area contributed by atoms with Gasteiger partial charge in [-0.15, -0.1) is 0 Å². The van der Waals surface area contributed by atoms with Crippen LogP contribution in [0.15, 0.2) is 18.2 Å². The molecule has 11 heteroatoms. The third kappa shape index (κ3) is 11.7. The first-order valence-corrected chi connectivity index (χ1v) is 13.3. The maximum Gasteiger partial charge on any atom is 0.408 e. The molecule has 0 aromatic heterocycles. The van der Waals surface area contributed by atoms with Crippen molar-refractivity contribution in [2.45, 2.75) is 91.8 Å². The number of primary amides is 1. The molecule has 1 aromatic carbocycles. The summed E-state index contributed by atoms with van der Waals surface area (Å²) in [5.74, 6) is -2.42. The van der Waals surface area contributed by atoms with Crippen LogP contribution in [-0.4, -0.2) is 66.0 Å². The van der Waals surface area contributed by atoms with Crippen LogP contribution in [0.2, 0.25) is 0 Å². The highest BCUT2D eigenvalue weighted by atomic mass is 16.6. The number of alkyl carbamates (subject to hydrolysis) is 1. The molecule has 1 rings (SSSR count). The van der Waals surface area contributed by atoms with Gasteiger partial charge in [0.05, 0.1) is 19.4 Å². The lowest BCUT2D eigenvalue weighted by Gasteiger charge is -2.35. The molecule has 218 valence electrons. The fourth-order valence-electron chi connectivity index (χ4n) is 3.95. The zero-order valence-corrected chi connectivity index (χ0v) is 24.2. The smallest absolute Gasteiger partial charge is 0.408 e. The maximum absolute atomic E-state index is 13.9. The van der Waals surface area contributed by atoms with Crippen LogP contribution in [-0.2, 0) is 28.7 Å². The van der Waals surface area contributed by atoms with Gasteiger partial charge in [0.15, 0.2) is 0 Å². The number of carbonyl (C=O) groups excluding carboxylic acids is 5. The summed E-state index contributed by atoms with van der Waals surface area (Å²) in [5, 5.41) is 5.20. The summed E-state index contributed by atoms with van der Waals surface area (Å²) in [5.41, 5.74) is 6.91. The summed E-state index contributed by atoms with van der Waals surface area (Å²) in [6, 6.07) is 3.06. The molecule has 0 fully saturated rings. The van der Waals surface area contributed by atoms with E-state index < -0.39 is 53.9 Å². The van der Waals surface area contributed by atoms with Gasteiger partial charge in [0, 0.05) is 13.1 Å². The van der Waals surface area contributed by atoms with Crippen molar-refractivity contribution < 1.29 is 33.4 Å². The molecule has 0 aliphatic carbocycles. The average molecular weight is 549 g/mol. The second-order valence-electron chi connectivity index (χ2n) is 10.4. The molecular formula is C28H44N4O7. The molecule has 0 spiro atoms. The highest BCUT2D eigenvalue weighted by molar-refractivity contribution is 5.94. The normalized spacial score (nSPS) is 12.6. The van der Waals surface area contributed by atoms with E-state index in [4.69, 9.17) is 15.2 Å². The molecular weight excluding hydrogens is 504 g/mol. The van der Waals surface area contributed by atoms with Crippen molar-refractivity contribution in [2.75, 3.05) is 19.7 Å². The van der Waals surface area contributed by atoms with Gasteiger partial charge in [0.2, 0.25) is 17.7 Å². The third-order valence-electron chi connectivity index (χ3n) is 5.64. The second kappa shape index (κ2) is 15.7. The highest BCUT2D eigenvalue weighted by Gasteiger charge is 2.37. The van der Waals surface area contributed by atoms with Crippen LogP contribution >= 0.6 is 0 Å². The lowest BCUT2D eigenvalue weighted by atomic mass is 9.96. The van der Waals surface area contributed by atoms with Crippen LogP contribution in [0.1, 0.15) is 83.0 Å². The Morgan fingerprint density at radius 1 is 1.08 bits per heavy atom. The van der Waals surface area contributed by atoms with Gasteiger partial charge in [-0.1, -0.05) is 37.1 Å². The standard InChI is InChI=1S/C28H44N4O7/c1-8-10-15-32(26(36)21(17-22(29)33)31-27(37)39-28(5,6)7)24(20-12-11-18(3)16-19(20)4)25(35)30-14-13-23(34)38-9-2/h11-12,16,21,24H,8-10,13-15,17H2,1-7H3,(H2,29,33)(H,30,35)(H,31,37). The molecule has 2 atom stereocenters. The second-order valence-corrected chi connectivity index (χ2v) is 10.4. The van der Waals surface area contributed by atoms with E-state index in [1.165, 1.54) is 4.90 Å². The number of unbranched alkanes of at least 4 members (excludes halogenated alkanes) is 1. The number of nitrogens with zero attached hydrogens (tertiary/aromatic N) is 1. The van der Waals surface area contributed by atoms with Crippen LogP contribution in [0.5, 0.6) is 0 Å². The SMILES string of the molecule is CCCCN(C(=O)C(CC(N)=O)NC(=O)OC(C)(C)C)C(C(=O)NCCC(=O)OCC)c1ccc(C)cc1C. The molecule has 0 saturated heterocycles. The maximum atomic E-state index is 13.9. The van der Waals surface area contributed by atoms with Gasteiger partial charge in [-0.05, 0) is 59.1 Å². The Morgan fingerprint density at radius 2 is 1.74 bits per heavy atom. The number of benzene rings is 1. The van der Waals surface area contributed by atoms with Crippen LogP contribution in [0.4, 0.5) is 4.79 Å². The lowest BCUT2D eigenvalue weighted by molar-refractivity contribution is -0.144. The lowest BCUT2D eigenvalue weighted by Crippen LogP contribution is -2.54. The number of rotatable bonds is 14. The van der Waals surface area contributed by atoms with E-state index in [1.54, 1.807) is 33.8 Å². The van der Waals surface area contributed by atoms with Gasteiger partial charge in [-0.3, -0.25) is 19.2 Å². The van der Waals surface area contributed by atoms with Crippen molar-refractivity contribution >= 4 is 29.8 Å². The molecule has 0 aliphatic rings. The predicted octanol–water partition coefficient (Wildman–Crippen LogP) is 2.81. The molecule has 0 saturated carbocycles. The number of nitrogens with two attached hydrogens (primary N) is 1. The van der Waals surface area contributed by atoms with Gasteiger partial charge in [0.25, 0.3) is 0 Å². The first-order chi connectivity index (χ1) is 18.2. The summed E-state index contributed by atoms with van der Waals surface area (Å²) in [7, 11) is 0. The summed E-state index contributed by atoms with van der Waals surface area (Å²) in [6.45, 7) is 12.8. The van der Waals surface area contributed by atoms with E-state index in [9.17, 15) is 24.0 Å². The van der Waals surface area contributed by atoms with Crippen molar-refractivity contribution in [3.05, 3.63) is 34.9 Å². The number of hydrogen-bond donors (Lipinski definition) is 3. The number of hydrogen-bond acceptors (Lipinski definition) is 7. The molecule has 4 N–H and O–H groups in total. The molecule has 0 aliphatic heterocycles. The van der Waals surface area contributed by atoms with Crippen molar-refractivity contribution in [3.63, 3.8) is 0 Å². The van der Waals surface area contributed by atoms with E-state index in [0.29, 0.717) is 18.4 Å². The number of amides is 4. The number of nitrogens with one attached hydrogen (secondary N) is 2. The molecule has 1 aromatic rings. The topological polar surface area (TPSA) is 157 Å². The molecule has 39 heavy (non-hydrogen) atoms. The van der Waals surface area contributed by atoms with Crippen molar-refractivity contribution in [3.8, 4) is 0 Å². The minimum absolute atomic E-state index is 0.00968.